The molecular weight excluding hydrogens is 480 g/mol. The van der Waals surface area contributed by atoms with Gasteiger partial charge in [-0.15, -0.1) is 0 Å². The SMILES string of the molecule is CCCCCCOc1ccc(Br)cc1C(=O)Nc1ccccc1C(=O)NCc1ccccc1. The van der Waals surface area contributed by atoms with Crippen molar-refractivity contribution in [1.82, 2.24) is 5.32 Å². The topological polar surface area (TPSA) is 67.4 Å². The largest absolute Gasteiger partial charge is 0.493 e. The van der Waals surface area contributed by atoms with Crippen LogP contribution >= 0.6 is 15.9 Å². The van der Waals surface area contributed by atoms with Crippen LogP contribution in [0, 0.1) is 0 Å². The molecule has 0 heterocycles. The van der Waals surface area contributed by atoms with Gasteiger partial charge in [-0.3, -0.25) is 9.59 Å². The molecule has 0 unspecified atom stereocenters. The first-order valence-corrected chi connectivity index (χ1v) is 12.0. The van der Waals surface area contributed by atoms with Gasteiger partial charge in [0.2, 0.25) is 0 Å². The summed E-state index contributed by atoms with van der Waals surface area (Å²) in [5.74, 6) is -0.0576. The van der Waals surface area contributed by atoms with E-state index in [1.807, 2.05) is 36.4 Å². The standard InChI is InChI=1S/C27H29BrN2O3/c1-2-3-4-10-17-33-25-16-15-21(28)18-23(25)27(32)30-24-14-9-8-13-22(24)26(31)29-19-20-11-6-5-7-12-20/h5-9,11-16,18H,2-4,10,17,19H2,1H3,(H,29,31)(H,30,32). The first-order chi connectivity index (χ1) is 16.1. The average Bonchev–Trinajstić information content (AvgIpc) is 2.84. The molecule has 0 saturated heterocycles. The van der Waals surface area contributed by atoms with Gasteiger partial charge < -0.3 is 15.4 Å². The van der Waals surface area contributed by atoms with Gasteiger partial charge in [0.05, 0.1) is 23.4 Å². The van der Waals surface area contributed by atoms with Crippen molar-refractivity contribution >= 4 is 33.4 Å². The molecule has 0 bridgehead atoms. The lowest BCUT2D eigenvalue weighted by atomic mass is 10.1. The van der Waals surface area contributed by atoms with Crippen LogP contribution in [0.3, 0.4) is 0 Å². The van der Waals surface area contributed by atoms with Crippen LogP contribution in [0.15, 0.2) is 77.3 Å². The summed E-state index contributed by atoms with van der Waals surface area (Å²) in [6, 6.07) is 22.0. The predicted molar refractivity (Wildman–Crippen MR) is 136 cm³/mol. The number of amides is 2. The highest BCUT2D eigenvalue weighted by Crippen LogP contribution is 2.26. The Morgan fingerprint density at radius 1 is 0.848 bits per heavy atom. The Balaban J connectivity index is 1.70. The monoisotopic (exact) mass is 508 g/mol. The molecule has 0 aliphatic heterocycles. The van der Waals surface area contributed by atoms with E-state index >= 15 is 0 Å². The van der Waals surface area contributed by atoms with Crippen molar-refractivity contribution in [2.45, 2.75) is 39.2 Å². The Morgan fingerprint density at radius 2 is 1.61 bits per heavy atom. The number of unbranched alkanes of at least 4 members (excludes halogenated alkanes) is 3. The van der Waals surface area contributed by atoms with Crippen LogP contribution in [-0.4, -0.2) is 18.4 Å². The van der Waals surface area contributed by atoms with E-state index in [0.717, 1.165) is 29.3 Å². The summed E-state index contributed by atoms with van der Waals surface area (Å²) in [5.41, 5.74) is 2.27. The molecule has 3 rings (SSSR count). The number of nitrogens with one attached hydrogen (secondary N) is 2. The van der Waals surface area contributed by atoms with Crippen LogP contribution in [0.1, 0.15) is 58.9 Å². The molecule has 2 amide bonds. The molecule has 3 aromatic carbocycles. The lowest BCUT2D eigenvalue weighted by Gasteiger charge is -2.14. The molecule has 0 aliphatic carbocycles. The zero-order chi connectivity index (χ0) is 23.5. The molecule has 0 aromatic heterocycles. The molecule has 5 nitrogen and oxygen atoms in total. The minimum absolute atomic E-state index is 0.253. The normalized spacial score (nSPS) is 10.5. The number of halogens is 1. The molecule has 33 heavy (non-hydrogen) atoms. The average molecular weight is 509 g/mol. The smallest absolute Gasteiger partial charge is 0.259 e. The molecule has 0 aliphatic rings. The maximum absolute atomic E-state index is 13.1. The zero-order valence-electron chi connectivity index (χ0n) is 18.8. The molecule has 0 fully saturated rings. The number of rotatable bonds is 11. The second-order valence-corrected chi connectivity index (χ2v) is 8.63. The third-order valence-electron chi connectivity index (χ3n) is 5.16. The van der Waals surface area contributed by atoms with E-state index < -0.39 is 0 Å². The van der Waals surface area contributed by atoms with Crippen molar-refractivity contribution in [2.75, 3.05) is 11.9 Å². The van der Waals surface area contributed by atoms with Gasteiger partial charge in [0.1, 0.15) is 5.75 Å². The van der Waals surface area contributed by atoms with Crippen molar-refractivity contribution in [2.24, 2.45) is 0 Å². The minimum atomic E-state index is -0.330. The summed E-state index contributed by atoms with van der Waals surface area (Å²) < 4.78 is 6.68. The Kier molecular flexibility index (Phi) is 9.51. The maximum atomic E-state index is 13.1. The van der Waals surface area contributed by atoms with E-state index in [0.29, 0.717) is 35.7 Å². The summed E-state index contributed by atoms with van der Waals surface area (Å²) in [6.07, 6.45) is 4.36. The fourth-order valence-electron chi connectivity index (χ4n) is 3.37. The fourth-order valence-corrected chi connectivity index (χ4v) is 3.73. The van der Waals surface area contributed by atoms with Crippen LogP contribution in [0.25, 0.3) is 0 Å². The van der Waals surface area contributed by atoms with Crippen LogP contribution in [0.5, 0.6) is 5.75 Å². The van der Waals surface area contributed by atoms with Crippen LogP contribution in [0.2, 0.25) is 0 Å². The van der Waals surface area contributed by atoms with Crippen molar-refractivity contribution in [3.8, 4) is 5.75 Å². The molecule has 3 aromatic rings. The summed E-state index contributed by atoms with van der Waals surface area (Å²) >= 11 is 3.43. The van der Waals surface area contributed by atoms with Crippen molar-refractivity contribution in [1.29, 1.82) is 0 Å². The number of para-hydroxylation sites is 1. The number of anilines is 1. The predicted octanol–water partition coefficient (Wildman–Crippen LogP) is 6.59. The molecule has 6 heteroatoms. The van der Waals surface area contributed by atoms with E-state index in [2.05, 4.69) is 33.5 Å². The molecule has 0 atom stereocenters. The van der Waals surface area contributed by atoms with Gasteiger partial charge in [0.15, 0.2) is 0 Å². The van der Waals surface area contributed by atoms with E-state index in [4.69, 9.17) is 4.74 Å². The third-order valence-corrected chi connectivity index (χ3v) is 5.65. The Hall–Kier alpha value is -3.12. The number of carbonyl (C=O) groups excluding carboxylic acids is 2. The minimum Gasteiger partial charge on any atom is -0.493 e. The molecule has 0 radical (unpaired) electrons. The summed E-state index contributed by atoms with van der Waals surface area (Å²) in [4.78, 5) is 25.9. The maximum Gasteiger partial charge on any atom is 0.259 e. The van der Waals surface area contributed by atoms with Crippen LogP contribution in [-0.2, 0) is 6.54 Å². The van der Waals surface area contributed by atoms with Crippen LogP contribution < -0.4 is 15.4 Å². The zero-order valence-corrected chi connectivity index (χ0v) is 20.4. The fraction of sp³-hybridized carbons (Fsp3) is 0.259. The van der Waals surface area contributed by atoms with Gasteiger partial charge in [0.25, 0.3) is 11.8 Å². The highest BCUT2D eigenvalue weighted by Gasteiger charge is 2.17. The number of carbonyl (C=O) groups is 2. The number of benzene rings is 3. The van der Waals surface area contributed by atoms with Gasteiger partial charge in [-0.2, -0.15) is 0 Å². The highest BCUT2D eigenvalue weighted by molar-refractivity contribution is 9.10. The van der Waals surface area contributed by atoms with E-state index in [1.54, 1.807) is 36.4 Å². The van der Waals surface area contributed by atoms with Gasteiger partial charge in [-0.25, -0.2) is 0 Å². The van der Waals surface area contributed by atoms with Gasteiger partial charge in [0, 0.05) is 11.0 Å². The molecule has 0 saturated carbocycles. The number of hydrogen-bond donors (Lipinski definition) is 2. The van der Waals surface area contributed by atoms with E-state index in [-0.39, 0.29) is 11.8 Å². The Bertz CT molecular complexity index is 1070. The summed E-state index contributed by atoms with van der Waals surface area (Å²) in [7, 11) is 0. The van der Waals surface area contributed by atoms with Crippen LogP contribution in [0.4, 0.5) is 5.69 Å². The number of hydrogen-bond acceptors (Lipinski definition) is 3. The summed E-state index contributed by atoms with van der Waals surface area (Å²) in [6.45, 7) is 3.13. The first-order valence-electron chi connectivity index (χ1n) is 11.2. The quantitative estimate of drug-likeness (QED) is 0.287. The Morgan fingerprint density at radius 3 is 2.39 bits per heavy atom. The van der Waals surface area contributed by atoms with Gasteiger partial charge in [-0.1, -0.05) is 84.6 Å². The lowest BCUT2D eigenvalue weighted by Crippen LogP contribution is -2.25. The van der Waals surface area contributed by atoms with Crippen molar-refractivity contribution in [3.05, 3.63) is 94.0 Å². The highest BCUT2D eigenvalue weighted by atomic mass is 79.9. The van der Waals surface area contributed by atoms with E-state index in [1.165, 1.54) is 6.42 Å². The van der Waals surface area contributed by atoms with E-state index in [9.17, 15) is 9.59 Å². The lowest BCUT2D eigenvalue weighted by molar-refractivity contribution is 0.0952. The Labute approximate surface area is 203 Å². The van der Waals surface area contributed by atoms with Crippen molar-refractivity contribution in [3.63, 3.8) is 0 Å². The number of ether oxygens (including phenoxy) is 1. The third kappa shape index (κ3) is 7.46. The second-order valence-electron chi connectivity index (χ2n) is 7.72. The second kappa shape index (κ2) is 12.8. The van der Waals surface area contributed by atoms with Gasteiger partial charge >= 0.3 is 0 Å². The summed E-state index contributed by atoms with van der Waals surface area (Å²) in [5, 5.41) is 5.79. The van der Waals surface area contributed by atoms with Gasteiger partial charge in [-0.05, 0) is 42.3 Å². The first kappa shape index (κ1) is 24.5. The molecule has 2 N–H and O–H groups in total. The molecular formula is C27H29BrN2O3. The molecule has 0 spiro atoms. The molecule has 172 valence electrons. The van der Waals surface area contributed by atoms with Crippen molar-refractivity contribution < 1.29 is 14.3 Å².